The highest BCUT2D eigenvalue weighted by atomic mass is 32.1. The van der Waals surface area contributed by atoms with Gasteiger partial charge in [0.05, 0.1) is 0 Å². The summed E-state index contributed by atoms with van der Waals surface area (Å²) in [7, 11) is 1.85. The van der Waals surface area contributed by atoms with Crippen molar-refractivity contribution >= 4 is 16.5 Å². The second kappa shape index (κ2) is 6.15. The zero-order valence-electron chi connectivity index (χ0n) is 9.74. The van der Waals surface area contributed by atoms with Gasteiger partial charge >= 0.3 is 0 Å². The number of ether oxygens (including phenoxy) is 1. The van der Waals surface area contributed by atoms with Crippen LogP contribution in [0.25, 0.3) is 0 Å². The second-order valence-corrected chi connectivity index (χ2v) is 5.33. The fourth-order valence-electron chi connectivity index (χ4n) is 2.08. The third kappa shape index (κ3) is 3.42. The lowest BCUT2D eigenvalue weighted by molar-refractivity contribution is 0.0735. The van der Waals surface area contributed by atoms with Crippen LogP contribution in [0.1, 0.15) is 37.1 Å². The molecule has 1 saturated carbocycles. The molecule has 0 spiro atoms. The first kappa shape index (κ1) is 11.8. The fraction of sp³-hybridized carbons (Fsp3) is 0.818. The summed E-state index contributed by atoms with van der Waals surface area (Å²) in [4.78, 5) is 0. The molecule has 5 heteroatoms. The number of nitrogens with one attached hydrogen (secondary N) is 1. The smallest absolute Gasteiger partial charge is 0.205 e. The average Bonchev–Trinajstić information content (AvgIpc) is 2.78. The molecule has 90 valence electrons. The normalized spacial score (nSPS) is 17.6. The lowest BCUT2D eigenvalue weighted by atomic mass is 9.90. The third-order valence-corrected chi connectivity index (χ3v) is 3.90. The van der Waals surface area contributed by atoms with Crippen molar-refractivity contribution in [2.75, 3.05) is 19.0 Å². The maximum atomic E-state index is 5.70. The Bertz CT molecular complexity index is 310. The number of anilines is 1. The van der Waals surface area contributed by atoms with Crippen LogP contribution < -0.4 is 5.32 Å². The van der Waals surface area contributed by atoms with E-state index in [1.54, 1.807) is 11.3 Å². The molecule has 0 atom stereocenters. The molecule has 1 N–H and O–H groups in total. The molecule has 1 fully saturated rings. The number of hydrogen-bond acceptors (Lipinski definition) is 5. The van der Waals surface area contributed by atoms with E-state index in [9.17, 15) is 0 Å². The van der Waals surface area contributed by atoms with Crippen LogP contribution in [0.4, 0.5) is 5.13 Å². The molecule has 0 aliphatic heterocycles. The van der Waals surface area contributed by atoms with Crippen LogP contribution in [0.5, 0.6) is 0 Å². The van der Waals surface area contributed by atoms with Crippen molar-refractivity contribution in [3.63, 3.8) is 0 Å². The standard InChI is InChI=1S/C11H19N3OS/c1-12-11-14-13-10(16-11)8-15-7-9-5-3-2-4-6-9/h9H,2-8H2,1H3,(H,12,14). The number of aromatic nitrogens is 2. The van der Waals surface area contributed by atoms with Gasteiger partial charge < -0.3 is 10.1 Å². The number of rotatable bonds is 5. The van der Waals surface area contributed by atoms with Crippen molar-refractivity contribution in [2.45, 2.75) is 38.7 Å². The summed E-state index contributed by atoms with van der Waals surface area (Å²) in [6, 6.07) is 0. The van der Waals surface area contributed by atoms with E-state index in [1.807, 2.05) is 7.05 Å². The minimum Gasteiger partial charge on any atom is -0.374 e. The molecule has 0 saturated heterocycles. The third-order valence-electron chi connectivity index (χ3n) is 2.98. The van der Waals surface area contributed by atoms with E-state index in [1.165, 1.54) is 32.1 Å². The second-order valence-electron chi connectivity index (χ2n) is 4.27. The van der Waals surface area contributed by atoms with Crippen molar-refractivity contribution in [2.24, 2.45) is 5.92 Å². The van der Waals surface area contributed by atoms with Gasteiger partial charge in [-0.3, -0.25) is 0 Å². The Labute approximate surface area is 100 Å². The van der Waals surface area contributed by atoms with Crippen molar-refractivity contribution in [3.8, 4) is 0 Å². The predicted octanol–water partition coefficient (Wildman–Crippen LogP) is 2.68. The zero-order chi connectivity index (χ0) is 11.2. The summed E-state index contributed by atoms with van der Waals surface area (Å²) in [6.07, 6.45) is 6.81. The summed E-state index contributed by atoms with van der Waals surface area (Å²) in [5, 5.41) is 12.8. The van der Waals surface area contributed by atoms with Crippen LogP contribution in [0.15, 0.2) is 0 Å². The van der Waals surface area contributed by atoms with Gasteiger partial charge in [-0.15, -0.1) is 10.2 Å². The minimum absolute atomic E-state index is 0.607. The lowest BCUT2D eigenvalue weighted by Crippen LogP contribution is -2.13. The average molecular weight is 241 g/mol. The highest BCUT2D eigenvalue weighted by molar-refractivity contribution is 7.15. The van der Waals surface area contributed by atoms with Crippen LogP contribution >= 0.6 is 11.3 Å². The molecule has 1 heterocycles. The lowest BCUT2D eigenvalue weighted by Gasteiger charge is -2.20. The van der Waals surface area contributed by atoms with Crippen LogP contribution in [0, 0.1) is 5.92 Å². The summed E-state index contributed by atoms with van der Waals surface area (Å²) in [5.41, 5.74) is 0. The zero-order valence-corrected chi connectivity index (χ0v) is 10.6. The summed E-state index contributed by atoms with van der Waals surface area (Å²) in [5.74, 6) is 0.769. The topological polar surface area (TPSA) is 47.0 Å². The van der Waals surface area contributed by atoms with Crippen LogP contribution in [0.3, 0.4) is 0 Å². The Balaban J connectivity index is 1.66. The molecule has 4 nitrogen and oxygen atoms in total. The van der Waals surface area contributed by atoms with E-state index in [4.69, 9.17) is 4.74 Å². The Morgan fingerprint density at radius 2 is 2.12 bits per heavy atom. The Hall–Kier alpha value is -0.680. The van der Waals surface area contributed by atoms with E-state index in [0.29, 0.717) is 6.61 Å². The Morgan fingerprint density at radius 3 is 2.81 bits per heavy atom. The van der Waals surface area contributed by atoms with E-state index in [2.05, 4.69) is 15.5 Å². The SMILES string of the molecule is CNc1nnc(COCC2CCCCC2)s1. The molecular weight excluding hydrogens is 222 g/mol. The van der Waals surface area contributed by atoms with Gasteiger partial charge in [0, 0.05) is 13.7 Å². The molecule has 1 aliphatic carbocycles. The van der Waals surface area contributed by atoms with Gasteiger partial charge in [0.25, 0.3) is 0 Å². The van der Waals surface area contributed by atoms with Gasteiger partial charge in [-0.05, 0) is 18.8 Å². The van der Waals surface area contributed by atoms with E-state index in [-0.39, 0.29) is 0 Å². The molecule has 0 bridgehead atoms. The summed E-state index contributed by atoms with van der Waals surface area (Å²) >= 11 is 1.56. The molecule has 1 aromatic heterocycles. The maximum absolute atomic E-state index is 5.70. The number of nitrogens with zero attached hydrogens (tertiary/aromatic N) is 2. The minimum atomic E-state index is 0.607. The van der Waals surface area contributed by atoms with Crippen molar-refractivity contribution < 1.29 is 4.74 Å². The monoisotopic (exact) mass is 241 g/mol. The first-order valence-electron chi connectivity index (χ1n) is 5.96. The maximum Gasteiger partial charge on any atom is 0.205 e. The van der Waals surface area contributed by atoms with Crippen molar-refractivity contribution in [1.82, 2.24) is 10.2 Å². The molecule has 0 radical (unpaired) electrons. The highest BCUT2D eigenvalue weighted by Crippen LogP contribution is 2.24. The van der Waals surface area contributed by atoms with Gasteiger partial charge in [0.2, 0.25) is 5.13 Å². The molecule has 1 aliphatic rings. The largest absolute Gasteiger partial charge is 0.374 e. The van der Waals surface area contributed by atoms with Crippen molar-refractivity contribution in [3.05, 3.63) is 5.01 Å². The first-order valence-corrected chi connectivity index (χ1v) is 6.78. The molecule has 0 aromatic carbocycles. The molecule has 2 rings (SSSR count). The molecule has 0 unspecified atom stereocenters. The summed E-state index contributed by atoms with van der Waals surface area (Å²) in [6.45, 7) is 1.49. The van der Waals surface area contributed by atoms with Crippen LogP contribution in [-0.4, -0.2) is 23.9 Å². The molecule has 16 heavy (non-hydrogen) atoms. The Morgan fingerprint density at radius 1 is 1.31 bits per heavy atom. The van der Waals surface area contributed by atoms with Crippen LogP contribution in [-0.2, 0) is 11.3 Å². The van der Waals surface area contributed by atoms with E-state index < -0.39 is 0 Å². The first-order chi connectivity index (χ1) is 7.88. The van der Waals surface area contributed by atoms with Gasteiger partial charge in [-0.25, -0.2) is 0 Å². The molecular formula is C11H19N3OS. The molecule has 1 aromatic rings. The summed E-state index contributed by atoms with van der Waals surface area (Å²) < 4.78 is 5.70. The fourth-order valence-corrected chi connectivity index (χ4v) is 2.71. The Kier molecular flexibility index (Phi) is 4.54. The number of hydrogen-bond donors (Lipinski definition) is 1. The van der Waals surface area contributed by atoms with Gasteiger partial charge in [0.1, 0.15) is 11.6 Å². The predicted molar refractivity (Wildman–Crippen MR) is 65.7 cm³/mol. The van der Waals surface area contributed by atoms with Gasteiger partial charge in [-0.1, -0.05) is 30.6 Å². The van der Waals surface area contributed by atoms with Gasteiger partial charge in [0.15, 0.2) is 0 Å². The van der Waals surface area contributed by atoms with Crippen LogP contribution in [0.2, 0.25) is 0 Å². The quantitative estimate of drug-likeness (QED) is 0.861. The molecule has 0 amide bonds. The van der Waals surface area contributed by atoms with Crippen molar-refractivity contribution in [1.29, 1.82) is 0 Å². The van der Waals surface area contributed by atoms with E-state index >= 15 is 0 Å². The van der Waals surface area contributed by atoms with E-state index in [0.717, 1.165) is 22.7 Å². The van der Waals surface area contributed by atoms with Gasteiger partial charge in [-0.2, -0.15) is 0 Å². The highest BCUT2D eigenvalue weighted by Gasteiger charge is 2.13.